The van der Waals surface area contributed by atoms with Gasteiger partial charge in [-0.25, -0.2) is 4.79 Å². The molecule has 0 spiro atoms. The Bertz CT molecular complexity index is 215. The van der Waals surface area contributed by atoms with E-state index >= 15 is 0 Å². The zero-order chi connectivity index (χ0) is 11.5. The van der Waals surface area contributed by atoms with E-state index in [9.17, 15) is 4.79 Å². The SMILES string of the molecule is COC(=O)N1CCN(CC(C)(C)C)CC1. The first-order valence-corrected chi connectivity index (χ1v) is 5.47. The van der Waals surface area contributed by atoms with Gasteiger partial charge in [-0.15, -0.1) is 0 Å². The van der Waals surface area contributed by atoms with Crippen molar-refractivity contribution in [1.29, 1.82) is 0 Å². The summed E-state index contributed by atoms with van der Waals surface area (Å²) in [6.07, 6.45) is -0.203. The van der Waals surface area contributed by atoms with Gasteiger partial charge in [0.15, 0.2) is 0 Å². The Morgan fingerprint density at radius 1 is 1.20 bits per heavy atom. The van der Waals surface area contributed by atoms with Crippen LogP contribution in [0.15, 0.2) is 0 Å². The van der Waals surface area contributed by atoms with Gasteiger partial charge in [0.05, 0.1) is 7.11 Å². The molecular weight excluding hydrogens is 192 g/mol. The normalized spacial score (nSPS) is 19.1. The summed E-state index contributed by atoms with van der Waals surface area (Å²) < 4.78 is 4.69. The van der Waals surface area contributed by atoms with E-state index in [2.05, 4.69) is 25.7 Å². The summed E-state index contributed by atoms with van der Waals surface area (Å²) in [5.41, 5.74) is 0.327. The molecule has 0 bridgehead atoms. The van der Waals surface area contributed by atoms with Crippen molar-refractivity contribution >= 4 is 6.09 Å². The molecule has 15 heavy (non-hydrogen) atoms. The Morgan fingerprint density at radius 2 is 1.73 bits per heavy atom. The quantitative estimate of drug-likeness (QED) is 0.661. The number of methoxy groups -OCH3 is 1. The summed E-state index contributed by atoms with van der Waals surface area (Å²) in [5.74, 6) is 0. The number of ether oxygens (including phenoxy) is 1. The second-order valence-corrected chi connectivity index (χ2v) is 5.29. The van der Waals surface area contributed by atoms with E-state index < -0.39 is 0 Å². The van der Waals surface area contributed by atoms with Crippen molar-refractivity contribution in [1.82, 2.24) is 9.80 Å². The standard InChI is InChI=1S/C11H22N2O2/c1-11(2,3)9-12-5-7-13(8-6-12)10(14)15-4/h5-9H2,1-4H3. The third kappa shape index (κ3) is 4.08. The maximum absolute atomic E-state index is 11.2. The van der Waals surface area contributed by atoms with E-state index in [-0.39, 0.29) is 6.09 Å². The molecule has 1 rings (SSSR count). The predicted molar refractivity (Wildman–Crippen MR) is 59.9 cm³/mol. The van der Waals surface area contributed by atoms with Gasteiger partial charge in [-0.2, -0.15) is 0 Å². The molecule has 0 atom stereocenters. The second-order valence-electron chi connectivity index (χ2n) is 5.29. The second kappa shape index (κ2) is 4.84. The van der Waals surface area contributed by atoms with Crippen LogP contribution >= 0.6 is 0 Å². The summed E-state index contributed by atoms with van der Waals surface area (Å²) >= 11 is 0. The monoisotopic (exact) mass is 214 g/mol. The number of carbonyl (C=O) groups is 1. The molecule has 0 saturated carbocycles. The number of piperazine rings is 1. The first-order chi connectivity index (χ1) is 6.92. The number of hydrogen-bond donors (Lipinski definition) is 0. The van der Waals surface area contributed by atoms with Crippen molar-refractivity contribution in [3.8, 4) is 0 Å². The number of rotatable bonds is 1. The smallest absolute Gasteiger partial charge is 0.409 e. The molecule has 0 aromatic carbocycles. The fourth-order valence-electron chi connectivity index (χ4n) is 1.89. The van der Waals surface area contributed by atoms with Crippen molar-refractivity contribution < 1.29 is 9.53 Å². The highest BCUT2D eigenvalue weighted by molar-refractivity contribution is 5.67. The molecule has 4 nitrogen and oxygen atoms in total. The molecule has 0 aromatic rings. The molecule has 4 heteroatoms. The summed E-state index contributed by atoms with van der Waals surface area (Å²) in [5, 5.41) is 0. The van der Waals surface area contributed by atoms with Crippen LogP contribution in [0.2, 0.25) is 0 Å². The first-order valence-electron chi connectivity index (χ1n) is 5.47. The van der Waals surface area contributed by atoms with Gasteiger partial charge in [-0.3, -0.25) is 4.90 Å². The molecule has 0 N–H and O–H groups in total. The lowest BCUT2D eigenvalue weighted by Crippen LogP contribution is -2.50. The Morgan fingerprint density at radius 3 is 2.13 bits per heavy atom. The maximum Gasteiger partial charge on any atom is 0.409 e. The molecule has 0 aromatic heterocycles. The average Bonchev–Trinajstić information content (AvgIpc) is 2.15. The van der Waals surface area contributed by atoms with E-state index in [1.807, 2.05) is 0 Å². The molecule has 1 saturated heterocycles. The van der Waals surface area contributed by atoms with Crippen LogP contribution in [0.4, 0.5) is 4.79 Å². The minimum Gasteiger partial charge on any atom is -0.453 e. The number of nitrogens with zero attached hydrogens (tertiary/aromatic N) is 2. The lowest BCUT2D eigenvalue weighted by molar-refractivity contribution is 0.0791. The van der Waals surface area contributed by atoms with Gasteiger partial charge >= 0.3 is 6.09 Å². The van der Waals surface area contributed by atoms with Gasteiger partial charge in [-0.1, -0.05) is 20.8 Å². The third-order valence-electron chi connectivity index (χ3n) is 2.50. The summed E-state index contributed by atoms with van der Waals surface area (Å²) in [6.45, 7) is 11.3. The maximum atomic E-state index is 11.2. The van der Waals surface area contributed by atoms with Crippen molar-refractivity contribution in [2.24, 2.45) is 5.41 Å². The van der Waals surface area contributed by atoms with Gasteiger partial charge in [0.2, 0.25) is 0 Å². The van der Waals surface area contributed by atoms with Crippen molar-refractivity contribution in [3.05, 3.63) is 0 Å². The van der Waals surface area contributed by atoms with Crippen molar-refractivity contribution in [2.45, 2.75) is 20.8 Å². The lowest BCUT2D eigenvalue weighted by Gasteiger charge is -2.37. The molecule has 0 radical (unpaired) electrons. The Kier molecular flexibility index (Phi) is 3.97. The van der Waals surface area contributed by atoms with Crippen LogP contribution < -0.4 is 0 Å². The highest BCUT2D eigenvalue weighted by atomic mass is 16.5. The molecule has 1 aliphatic rings. The van der Waals surface area contributed by atoms with E-state index in [0.717, 1.165) is 32.7 Å². The van der Waals surface area contributed by atoms with Crippen LogP contribution in [0, 0.1) is 5.41 Å². The zero-order valence-electron chi connectivity index (χ0n) is 10.2. The van der Waals surface area contributed by atoms with Crippen molar-refractivity contribution in [2.75, 3.05) is 39.8 Å². The van der Waals surface area contributed by atoms with E-state index in [1.54, 1.807) is 4.90 Å². The first kappa shape index (κ1) is 12.3. The van der Waals surface area contributed by atoms with Crippen LogP contribution in [0.1, 0.15) is 20.8 Å². The van der Waals surface area contributed by atoms with Crippen LogP contribution in [-0.4, -0.2) is 55.7 Å². The molecule has 0 unspecified atom stereocenters. The van der Waals surface area contributed by atoms with Crippen LogP contribution in [-0.2, 0) is 4.74 Å². The van der Waals surface area contributed by atoms with E-state index in [1.165, 1.54) is 7.11 Å². The molecule has 0 aliphatic carbocycles. The Labute approximate surface area is 92.2 Å². The molecule has 88 valence electrons. The van der Waals surface area contributed by atoms with Crippen molar-refractivity contribution in [3.63, 3.8) is 0 Å². The van der Waals surface area contributed by atoms with Gasteiger partial charge in [0.1, 0.15) is 0 Å². The fourth-order valence-corrected chi connectivity index (χ4v) is 1.89. The molecule has 1 heterocycles. The van der Waals surface area contributed by atoms with Gasteiger partial charge < -0.3 is 9.64 Å². The fraction of sp³-hybridized carbons (Fsp3) is 0.909. The number of amides is 1. The Hall–Kier alpha value is -0.770. The lowest BCUT2D eigenvalue weighted by atomic mass is 9.96. The summed E-state index contributed by atoms with van der Waals surface area (Å²) in [4.78, 5) is 15.4. The van der Waals surface area contributed by atoms with Crippen LogP contribution in [0.5, 0.6) is 0 Å². The van der Waals surface area contributed by atoms with Gasteiger partial charge in [0.25, 0.3) is 0 Å². The third-order valence-corrected chi connectivity index (χ3v) is 2.50. The molecule has 1 amide bonds. The van der Waals surface area contributed by atoms with Gasteiger partial charge in [0, 0.05) is 32.7 Å². The van der Waals surface area contributed by atoms with E-state index in [4.69, 9.17) is 4.74 Å². The minimum absolute atomic E-state index is 0.203. The minimum atomic E-state index is -0.203. The summed E-state index contributed by atoms with van der Waals surface area (Å²) in [7, 11) is 1.43. The zero-order valence-corrected chi connectivity index (χ0v) is 10.2. The predicted octanol–water partition coefficient (Wildman–Crippen LogP) is 1.42. The van der Waals surface area contributed by atoms with E-state index in [0.29, 0.717) is 5.41 Å². The topological polar surface area (TPSA) is 32.8 Å². The highest BCUT2D eigenvalue weighted by Crippen LogP contribution is 2.16. The van der Waals surface area contributed by atoms with Gasteiger partial charge in [-0.05, 0) is 5.41 Å². The molecule has 1 aliphatic heterocycles. The summed E-state index contributed by atoms with van der Waals surface area (Å²) in [6, 6.07) is 0. The van der Waals surface area contributed by atoms with Crippen LogP contribution in [0.3, 0.4) is 0 Å². The highest BCUT2D eigenvalue weighted by Gasteiger charge is 2.24. The largest absolute Gasteiger partial charge is 0.453 e. The number of hydrogen-bond acceptors (Lipinski definition) is 3. The Balaban J connectivity index is 2.33. The molecule has 1 fully saturated rings. The number of carbonyl (C=O) groups excluding carboxylic acids is 1. The van der Waals surface area contributed by atoms with Crippen LogP contribution in [0.25, 0.3) is 0 Å². The molecular formula is C11H22N2O2. The average molecular weight is 214 g/mol.